The summed E-state index contributed by atoms with van der Waals surface area (Å²) in [5.41, 5.74) is 0.414. The molecule has 1 aromatic carbocycles. The van der Waals surface area contributed by atoms with Crippen molar-refractivity contribution in [3.05, 3.63) is 29.1 Å². The smallest absolute Gasteiger partial charge is 0.267 e. The highest BCUT2D eigenvalue weighted by Gasteiger charge is 2.40. The van der Waals surface area contributed by atoms with E-state index in [1.165, 1.54) is 16.4 Å². The quantitative estimate of drug-likeness (QED) is 0.531. The molecule has 2 aliphatic heterocycles. The Morgan fingerprint density at radius 1 is 1.03 bits per heavy atom. The molecule has 188 valence electrons. The second kappa shape index (κ2) is 9.03. The van der Waals surface area contributed by atoms with Crippen LogP contribution in [0.2, 0.25) is 0 Å². The maximum absolute atomic E-state index is 14.8. The number of hydrogen-bond donors (Lipinski definition) is 1. The predicted molar refractivity (Wildman–Crippen MR) is 121 cm³/mol. The summed E-state index contributed by atoms with van der Waals surface area (Å²) in [5, 5.41) is -1.02. The number of ether oxygens (including phenoxy) is 2. The van der Waals surface area contributed by atoms with E-state index in [9.17, 15) is 26.0 Å². The summed E-state index contributed by atoms with van der Waals surface area (Å²) < 4.78 is 78.5. The van der Waals surface area contributed by atoms with Crippen molar-refractivity contribution < 1.29 is 35.5 Å². The van der Waals surface area contributed by atoms with Crippen LogP contribution in [-0.2, 0) is 24.8 Å². The minimum absolute atomic E-state index is 0.130. The van der Waals surface area contributed by atoms with Crippen molar-refractivity contribution in [1.82, 2.24) is 9.03 Å². The molecular formula is C22H29FN2O7S2. The van der Waals surface area contributed by atoms with Crippen LogP contribution < -0.4 is 9.46 Å². The average Bonchev–Trinajstić information content (AvgIpc) is 3.62. The lowest BCUT2D eigenvalue weighted by Crippen LogP contribution is -2.51. The Labute approximate surface area is 199 Å². The number of carbonyl (C=O) groups is 1. The van der Waals surface area contributed by atoms with Crippen molar-refractivity contribution in [3.63, 3.8) is 0 Å². The van der Waals surface area contributed by atoms with E-state index in [1.54, 1.807) is 0 Å². The van der Waals surface area contributed by atoms with Gasteiger partial charge in [0.15, 0.2) is 0 Å². The van der Waals surface area contributed by atoms with Gasteiger partial charge in [-0.25, -0.2) is 30.3 Å². The molecule has 2 aliphatic carbocycles. The molecular weight excluding hydrogens is 487 g/mol. The predicted octanol–water partition coefficient (Wildman–Crippen LogP) is 1.74. The van der Waals surface area contributed by atoms with E-state index in [-0.39, 0.29) is 30.6 Å². The number of piperidine rings is 1. The van der Waals surface area contributed by atoms with Gasteiger partial charge >= 0.3 is 0 Å². The van der Waals surface area contributed by atoms with Crippen molar-refractivity contribution in [2.24, 2.45) is 5.92 Å². The van der Waals surface area contributed by atoms with Crippen LogP contribution in [0.4, 0.5) is 4.39 Å². The first-order valence-corrected chi connectivity index (χ1v) is 14.8. The Morgan fingerprint density at radius 3 is 2.26 bits per heavy atom. The zero-order valence-electron chi connectivity index (χ0n) is 18.7. The normalized spacial score (nSPS) is 22.9. The van der Waals surface area contributed by atoms with Gasteiger partial charge in [-0.1, -0.05) is 0 Å². The number of sulfonamides is 2. The fourth-order valence-corrected chi connectivity index (χ4v) is 7.33. The molecule has 0 aromatic heterocycles. The minimum Gasteiger partial charge on any atom is -0.493 e. The zero-order valence-corrected chi connectivity index (χ0v) is 20.4. The van der Waals surface area contributed by atoms with Crippen molar-refractivity contribution in [1.29, 1.82) is 0 Å². The monoisotopic (exact) mass is 516 g/mol. The van der Waals surface area contributed by atoms with Crippen LogP contribution in [0, 0.1) is 11.7 Å². The fourth-order valence-electron chi connectivity index (χ4n) is 4.36. The third-order valence-electron chi connectivity index (χ3n) is 7.00. The molecule has 4 fully saturated rings. The minimum atomic E-state index is -3.77. The summed E-state index contributed by atoms with van der Waals surface area (Å²) in [7, 11) is -7.09. The number of benzene rings is 1. The van der Waals surface area contributed by atoms with Gasteiger partial charge in [-0.2, -0.15) is 0 Å². The molecule has 0 bridgehead atoms. The lowest BCUT2D eigenvalue weighted by atomic mass is 9.99. The lowest BCUT2D eigenvalue weighted by Gasteiger charge is -2.36. The second-order valence-corrected chi connectivity index (χ2v) is 13.9. The standard InChI is InChI=1S/C22H29FN2O7S2/c23-20-10-21(32-11-14-5-7-25(8-6-14)34(29,30)17-12-31-13-17)18(15-1-2-15)9-19(20)22(26)24-33(27,28)16-3-4-16/h9-10,14-17H,1-8,11-13H2,(H,24,26). The maximum Gasteiger partial charge on any atom is 0.267 e. The molecule has 5 rings (SSSR count). The number of amides is 1. The van der Waals surface area contributed by atoms with Gasteiger partial charge in [0.05, 0.1) is 30.6 Å². The molecule has 4 aliphatic rings. The van der Waals surface area contributed by atoms with Gasteiger partial charge in [-0.3, -0.25) is 4.79 Å². The van der Waals surface area contributed by atoms with Crippen LogP contribution in [0.25, 0.3) is 0 Å². The topological polar surface area (TPSA) is 119 Å². The second-order valence-electron chi connectivity index (χ2n) is 9.68. The molecule has 0 unspecified atom stereocenters. The molecule has 34 heavy (non-hydrogen) atoms. The zero-order chi connectivity index (χ0) is 24.1. The van der Waals surface area contributed by atoms with Gasteiger partial charge in [0.2, 0.25) is 20.0 Å². The van der Waals surface area contributed by atoms with E-state index >= 15 is 0 Å². The first kappa shape index (κ1) is 24.0. The summed E-state index contributed by atoms with van der Waals surface area (Å²) in [5.74, 6) is -1.14. The molecule has 0 atom stereocenters. The van der Waals surface area contributed by atoms with Gasteiger partial charge in [0.1, 0.15) is 16.8 Å². The molecule has 2 saturated heterocycles. The van der Waals surface area contributed by atoms with Crippen LogP contribution in [0.5, 0.6) is 5.75 Å². The number of carbonyl (C=O) groups excluding carboxylic acids is 1. The molecule has 1 aromatic rings. The molecule has 9 nitrogen and oxygen atoms in total. The Kier molecular flexibility index (Phi) is 6.36. The highest BCUT2D eigenvalue weighted by atomic mass is 32.2. The van der Waals surface area contributed by atoms with Gasteiger partial charge in [0.25, 0.3) is 5.91 Å². The number of rotatable bonds is 9. The van der Waals surface area contributed by atoms with Gasteiger partial charge in [0, 0.05) is 19.2 Å². The Morgan fingerprint density at radius 2 is 1.71 bits per heavy atom. The van der Waals surface area contributed by atoms with Crippen LogP contribution in [-0.4, -0.2) is 70.5 Å². The largest absolute Gasteiger partial charge is 0.493 e. The van der Waals surface area contributed by atoms with Gasteiger partial charge < -0.3 is 9.47 Å². The van der Waals surface area contributed by atoms with E-state index < -0.39 is 42.3 Å². The van der Waals surface area contributed by atoms with Crippen LogP contribution in [0.15, 0.2) is 12.1 Å². The SMILES string of the molecule is O=C(NS(=O)(=O)C1CC1)c1cc(C2CC2)c(OCC2CCN(S(=O)(=O)C3COC3)CC2)cc1F. The van der Waals surface area contributed by atoms with Crippen molar-refractivity contribution in [3.8, 4) is 5.75 Å². The van der Waals surface area contributed by atoms with Gasteiger partial charge in [-0.15, -0.1) is 0 Å². The number of nitrogens with zero attached hydrogens (tertiary/aromatic N) is 1. The Hall–Kier alpha value is -1.76. The number of halogens is 1. The van der Waals surface area contributed by atoms with E-state index in [0.29, 0.717) is 56.7 Å². The molecule has 0 radical (unpaired) electrons. The molecule has 2 saturated carbocycles. The summed E-state index contributed by atoms with van der Waals surface area (Å²) in [6.45, 7) is 1.67. The van der Waals surface area contributed by atoms with Crippen LogP contribution in [0.1, 0.15) is 60.4 Å². The summed E-state index contributed by atoms with van der Waals surface area (Å²) in [6.07, 6.45) is 4.09. The Bertz CT molecular complexity index is 1170. The third-order valence-corrected chi connectivity index (χ3v) is 11.0. The highest BCUT2D eigenvalue weighted by Crippen LogP contribution is 2.45. The van der Waals surface area contributed by atoms with Gasteiger partial charge in [-0.05, 0) is 62.0 Å². The molecule has 1 amide bonds. The van der Waals surface area contributed by atoms with Crippen LogP contribution in [0.3, 0.4) is 0 Å². The average molecular weight is 517 g/mol. The summed E-state index contributed by atoms with van der Waals surface area (Å²) in [4.78, 5) is 12.5. The fraction of sp³-hybridized carbons (Fsp3) is 0.682. The first-order valence-electron chi connectivity index (χ1n) is 11.7. The highest BCUT2D eigenvalue weighted by molar-refractivity contribution is 7.91. The van der Waals surface area contributed by atoms with Crippen molar-refractivity contribution in [2.75, 3.05) is 32.9 Å². The maximum atomic E-state index is 14.8. The molecule has 2 heterocycles. The summed E-state index contributed by atoms with van der Waals surface area (Å²) in [6, 6.07) is 2.58. The molecule has 1 N–H and O–H groups in total. The number of hydrogen-bond acceptors (Lipinski definition) is 7. The first-order chi connectivity index (χ1) is 16.1. The Balaban J connectivity index is 1.22. The molecule has 12 heteroatoms. The third kappa shape index (κ3) is 4.95. The van der Waals surface area contributed by atoms with Crippen molar-refractivity contribution >= 4 is 26.0 Å². The van der Waals surface area contributed by atoms with Crippen molar-refractivity contribution in [2.45, 2.75) is 54.9 Å². The van der Waals surface area contributed by atoms with E-state index in [0.717, 1.165) is 12.8 Å². The van der Waals surface area contributed by atoms with E-state index in [1.807, 2.05) is 4.72 Å². The van der Waals surface area contributed by atoms with Crippen LogP contribution >= 0.6 is 0 Å². The van der Waals surface area contributed by atoms with E-state index in [2.05, 4.69) is 0 Å². The summed E-state index contributed by atoms with van der Waals surface area (Å²) >= 11 is 0. The lowest BCUT2D eigenvalue weighted by molar-refractivity contribution is 0.0384. The number of nitrogens with one attached hydrogen (secondary N) is 1. The van der Waals surface area contributed by atoms with E-state index in [4.69, 9.17) is 9.47 Å². The molecule has 0 spiro atoms.